The number of ether oxygens (including phenoxy) is 1. The number of carbonyl (C=O) groups is 1. The second kappa shape index (κ2) is 11.3. The molecule has 0 radical (unpaired) electrons. The molecule has 0 aliphatic carbocycles. The lowest BCUT2D eigenvalue weighted by molar-refractivity contribution is -0.137. The third-order valence-corrected chi connectivity index (χ3v) is 2.87. The summed E-state index contributed by atoms with van der Waals surface area (Å²) >= 11 is 0. The summed E-state index contributed by atoms with van der Waals surface area (Å²) in [6.07, 6.45) is 11.7. The zero-order chi connectivity index (χ0) is 15.4. The summed E-state index contributed by atoms with van der Waals surface area (Å²) in [5.74, 6) is -0.286. The number of carbonyl (C=O) groups excluding carboxylic acids is 1. The lowest BCUT2D eigenvalue weighted by Gasteiger charge is -2.02. The lowest BCUT2D eigenvalue weighted by atomic mass is 10.1. The van der Waals surface area contributed by atoms with Gasteiger partial charge in [-0.1, -0.05) is 36.0 Å². The highest BCUT2D eigenvalue weighted by atomic mass is 16.5. The first-order valence-electron chi connectivity index (χ1n) is 7.28. The highest BCUT2D eigenvalue weighted by Crippen LogP contribution is 2.12. The molecule has 0 unspecified atom stereocenters. The van der Waals surface area contributed by atoms with Crippen LogP contribution in [-0.4, -0.2) is 12.6 Å². The Kier molecular flexibility index (Phi) is 10.4. The second-order valence-corrected chi connectivity index (χ2v) is 5.08. The average Bonchev–Trinajstić information content (AvgIpc) is 2.37. The highest BCUT2D eigenvalue weighted by molar-refractivity contribution is 5.83. The molecule has 0 atom stereocenters. The normalized spacial score (nSPS) is 12.0. The van der Waals surface area contributed by atoms with Crippen molar-refractivity contribution in [2.75, 3.05) is 6.61 Å². The Balaban J connectivity index is 4.20. The van der Waals surface area contributed by atoms with E-state index in [2.05, 4.69) is 39.5 Å². The Bertz CT molecular complexity index is 394. The molecule has 0 amide bonds. The molecule has 20 heavy (non-hydrogen) atoms. The smallest absolute Gasteiger partial charge is 0.331 e. The van der Waals surface area contributed by atoms with Crippen LogP contribution in [0.25, 0.3) is 0 Å². The fourth-order valence-corrected chi connectivity index (χ4v) is 1.74. The first kappa shape index (κ1) is 18.4. The fourth-order valence-electron chi connectivity index (χ4n) is 1.74. The van der Waals surface area contributed by atoms with Gasteiger partial charge in [0.15, 0.2) is 0 Å². The maximum absolute atomic E-state index is 11.3. The van der Waals surface area contributed by atoms with Gasteiger partial charge in [-0.05, 0) is 59.0 Å². The van der Waals surface area contributed by atoms with Gasteiger partial charge in [-0.3, -0.25) is 0 Å². The van der Waals surface area contributed by atoms with Crippen LogP contribution in [0.3, 0.4) is 0 Å². The molecule has 0 aromatic heterocycles. The molecule has 0 N–H and O–H groups in total. The SMILES string of the molecule is C=C/C(=C\C(=O)OCC)CC/C=C(\C)CCC=C(C)C. The van der Waals surface area contributed by atoms with E-state index >= 15 is 0 Å². The summed E-state index contributed by atoms with van der Waals surface area (Å²) < 4.78 is 4.89. The lowest BCUT2D eigenvalue weighted by Crippen LogP contribution is -2.00. The van der Waals surface area contributed by atoms with Crippen molar-refractivity contribution in [1.82, 2.24) is 0 Å². The standard InChI is InChI=1S/C18H28O2/c1-6-17(14-18(19)20-7-2)13-9-12-16(5)11-8-10-15(3)4/h6,10,12,14H,1,7-9,11,13H2,2-5H3/b16-12+,17-14+. The number of hydrogen-bond donors (Lipinski definition) is 0. The van der Waals surface area contributed by atoms with Gasteiger partial charge in [-0.25, -0.2) is 4.79 Å². The van der Waals surface area contributed by atoms with Crippen molar-refractivity contribution < 1.29 is 9.53 Å². The number of hydrogen-bond acceptors (Lipinski definition) is 2. The molecule has 0 aliphatic rings. The minimum atomic E-state index is -0.286. The van der Waals surface area contributed by atoms with Crippen LogP contribution in [0.2, 0.25) is 0 Å². The molecule has 0 saturated carbocycles. The van der Waals surface area contributed by atoms with E-state index in [0.717, 1.165) is 31.3 Å². The van der Waals surface area contributed by atoms with Crippen molar-refractivity contribution in [1.29, 1.82) is 0 Å². The summed E-state index contributed by atoms with van der Waals surface area (Å²) in [6, 6.07) is 0. The fraction of sp³-hybridized carbons (Fsp3) is 0.500. The zero-order valence-electron chi connectivity index (χ0n) is 13.4. The van der Waals surface area contributed by atoms with Crippen LogP contribution >= 0.6 is 0 Å². The quantitative estimate of drug-likeness (QED) is 0.252. The van der Waals surface area contributed by atoms with Crippen molar-refractivity contribution >= 4 is 5.97 Å². The van der Waals surface area contributed by atoms with Crippen LogP contribution in [0, 0.1) is 0 Å². The van der Waals surface area contributed by atoms with E-state index in [1.165, 1.54) is 17.2 Å². The van der Waals surface area contributed by atoms with Gasteiger partial charge in [0.1, 0.15) is 0 Å². The first-order chi connectivity index (χ1) is 9.49. The number of allylic oxidation sites excluding steroid dienone is 6. The van der Waals surface area contributed by atoms with Crippen LogP contribution in [0.1, 0.15) is 53.4 Å². The molecule has 0 rings (SSSR count). The van der Waals surface area contributed by atoms with Gasteiger partial charge in [0.05, 0.1) is 6.61 Å². The molecule has 0 fully saturated rings. The average molecular weight is 276 g/mol. The van der Waals surface area contributed by atoms with Crippen molar-refractivity contribution in [2.45, 2.75) is 53.4 Å². The van der Waals surface area contributed by atoms with Crippen LogP contribution in [0.15, 0.2) is 47.6 Å². The van der Waals surface area contributed by atoms with Gasteiger partial charge in [-0.15, -0.1) is 0 Å². The van der Waals surface area contributed by atoms with Gasteiger partial charge in [0.2, 0.25) is 0 Å². The predicted octanol–water partition coefficient (Wildman–Crippen LogP) is 5.13. The van der Waals surface area contributed by atoms with E-state index in [4.69, 9.17) is 4.74 Å². The Labute approximate surface area is 123 Å². The van der Waals surface area contributed by atoms with Crippen LogP contribution in [0.5, 0.6) is 0 Å². The van der Waals surface area contributed by atoms with E-state index < -0.39 is 0 Å². The third kappa shape index (κ3) is 10.4. The second-order valence-electron chi connectivity index (χ2n) is 5.08. The molecule has 0 aliphatic heterocycles. The number of esters is 1. The summed E-state index contributed by atoms with van der Waals surface area (Å²) in [5.41, 5.74) is 3.68. The maximum atomic E-state index is 11.3. The summed E-state index contributed by atoms with van der Waals surface area (Å²) in [4.78, 5) is 11.3. The van der Waals surface area contributed by atoms with Gasteiger partial charge in [0.25, 0.3) is 0 Å². The van der Waals surface area contributed by atoms with E-state index in [1.54, 1.807) is 13.0 Å². The molecule has 0 saturated heterocycles. The molecule has 2 nitrogen and oxygen atoms in total. The summed E-state index contributed by atoms with van der Waals surface area (Å²) in [5, 5.41) is 0. The maximum Gasteiger partial charge on any atom is 0.331 e. The largest absolute Gasteiger partial charge is 0.463 e. The Hall–Kier alpha value is -1.57. The molecule has 0 aromatic rings. The van der Waals surface area contributed by atoms with Crippen molar-refractivity contribution in [3.63, 3.8) is 0 Å². The van der Waals surface area contributed by atoms with Crippen LogP contribution in [0.4, 0.5) is 0 Å². The topological polar surface area (TPSA) is 26.3 Å². The minimum absolute atomic E-state index is 0.286. The van der Waals surface area contributed by atoms with Gasteiger partial charge in [-0.2, -0.15) is 0 Å². The van der Waals surface area contributed by atoms with Crippen LogP contribution in [-0.2, 0) is 9.53 Å². The van der Waals surface area contributed by atoms with Crippen molar-refractivity contribution in [2.24, 2.45) is 0 Å². The van der Waals surface area contributed by atoms with Crippen LogP contribution < -0.4 is 0 Å². The number of rotatable bonds is 9. The van der Waals surface area contributed by atoms with E-state index in [-0.39, 0.29) is 5.97 Å². The van der Waals surface area contributed by atoms with Gasteiger partial charge in [0, 0.05) is 6.08 Å². The molecule has 0 aromatic carbocycles. The van der Waals surface area contributed by atoms with Crippen molar-refractivity contribution in [3.8, 4) is 0 Å². The molecule has 0 spiro atoms. The zero-order valence-corrected chi connectivity index (χ0v) is 13.4. The molecule has 0 heterocycles. The highest BCUT2D eigenvalue weighted by Gasteiger charge is 1.99. The van der Waals surface area contributed by atoms with E-state index in [1.807, 2.05) is 0 Å². The molecule has 0 bridgehead atoms. The minimum Gasteiger partial charge on any atom is -0.463 e. The van der Waals surface area contributed by atoms with Gasteiger partial charge < -0.3 is 4.74 Å². The Morgan fingerprint density at radius 1 is 1.10 bits per heavy atom. The van der Waals surface area contributed by atoms with Gasteiger partial charge >= 0.3 is 5.97 Å². The molecule has 112 valence electrons. The Morgan fingerprint density at radius 3 is 2.30 bits per heavy atom. The van der Waals surface area contributed by atoms with E-state index in [0.29, 0.717) is 6.61 Å². The predicted molar refractivity (Wildman–Crippen MR) is 86.6 cm³/mol. The summed E-state index contributed by atoms with van der Waals surface area (Å²) in [6.45, 7) is 12.3. The molecular weight excluding hydrogens is 248 g/mol. The summed E-state index contributed by atoms with van der Waals surface area (Å²) in [7, 11) is 0. The van der Waals surface area contributed by atoms with E-state index in [9.17, 15) is 4.79 Å². The van der Waals surface area contributed by atoms with Crippen molar-refractivity contribution in [3.05, 3.63) is 47.6 Å². The Morgan fingerprint density at radius 2 is 1.75 bits per heavy atom. The molecule has 2 heteroatoms. The first-order valence-corrected chi connectivity index (χ1v) is 7.28. The third-order valence-electron chi connectivity index (χ3n) is 2.87. The monoisotopic (exact) mass is 276 g/mol. The molecular formula is C18H28O2.